The minimum Gasteiger partial charge on any atom is -0.339 e. The Kier molecular flexibility index (Phi) is 5.61. The van der Waals surface area contributed by atoms with Crippen LogP contribution in [0, 0.1) is 0 Å². The van der Waals surface area contributed by atoms with Crippen LogP contribution in [0.1, 0.15) is 25.3 Å². The van der Waals surface area contributed by atoms with E-state index in [2.05, 4.69) is 31.0 Å². The number of carbonyl (C=O) groups excluding carboxylic acids is 1. The zero-order chi connectivity index (χ0) is 15.4. The van der Waals surface area contributed by atoms with E-state index in [9.17, 15) is 4.79 Å². The fourth-order valence-corrected chi connectivity index (χ4v) is 4.74. The summed E-state index contributed by atoms with van der Waals surface area (Å²) < 4.78 is 1.92. The Morgan fingerprint density at radius 1 is 1.19 bits per heavy atom. The summed E-state index contributed by atoms with van der Waals surface area (Å²) in [5.74, 6) is 0.531. The van der Waals surface area contributed by atoms with Gasteiger partial charge < -0.3 is 4.90 Å². The molecule has 2 aromatic rings. The summed E-state index contributed by atoms with van der Waals surface area (Å²) in [6.45, 7) is 4.36. The number of carbonyl (C=O) groups is 1. The molecule has 112 valence electrons. The Morgan fingerprint density at radius 3 is 2.43 bits per heavy atom. The maximum Gasteiger partial charge on any atom is 0.286 e. The van der Waals surface area contributed by atoms with E-state index in [0.29, 0.717) is 5.92 Å². The first-order valence-corrected chi connectivity index (χ1v) is 9.56. The fraction of sp³-hybridized carbons (Fsp3) is 0.333. The van der Waals surface area contributed by atoms with Gasteiger partial charge in [-0.25, -0.2) is 4.99 Å². The van der Waals surface area contributed by atoms with Gasteiger partial charge >= 0.3 is 0 Å². The maximum absolute atomic E-state index is 11.7. The zero-order valence-corrected chi connectivity index (χ0v) is 14.9. The van der Waals surface area contributed by atoms with Gasteiger partial charge in [0.15, 0.2) is 0 Å². The molecule has 1 aromatic carbocycles. The highest BCUT2D eigenvalue weighted by atomic mass is 32.9. The second kappa shape index (κ2) is 7.24. The maximum atomic E-state index is 11.7. The molecule has 0 aliphatic rings. The molecule has 0 unspecified atom stereocenters. The topological polar surface area (TPSA) is 32.7 Å². The average molecular weight is 339 g/mol. The predicted molar refractivity (Wildman–Crippen MR) is 92.9 cm³/mol. The number of hydrogen-bond donors (Lipinski definition) is 0. The number of nitrogens with zero attached hydrogens (tertiary/aromatic N) is 2. The number of rotatable bonds is 3. The number of benzene rings is 1. The lowest BCUT2D eigenvalue weighted by atomic mass is 10.0. The minimum atomic E-state index is 0.0388. The van der Waals surface area contributed by atoms with E-state index in [1.54, 1.807) is 39.7 Å². The summed E-state index contributed by atoms with van der Waals surface area (Å²) in [6, 6.07) is 10.3. The van der Waals surface area contributed by atoms with Crippen LogP contribution in [-0.4, -0.2) is 24.2 Å². The standard InChI is InChI=1S/C15H18N2OS3/c1-10(2)11-5-7-12(8-6-11)16-13-9-14(21-20-13)19-15(18)17(3)4/h5-10H,1-4H3/b16-13-. The molecule has 0 atom stereocenters. The van der Waals surface area contributed by atoms with E-state index in [0.717, 1.165) is 14.6 Å². The quantitative estimate of drug-likeness (QED) is 0.586. The van der Waals surface area contributed by atoms with E-state index in [4.69, 9.17) is 0 Å². The third kappa shape index (κ3) is 4.69. The predicted octanol–water partition coefficient (Wildman–Crippen LogP) is 4.94. The van der Waals surface area contributed by atoms with Crippen LogP contribution in [0.4, 0.5) is 10.5 Å². The molecule has 1 amide bonds. The lowest BCUT2D eigenvalue weighted by molar-refractivity contribution is 0.241. The highest BCUT2D eigenvalue weighted by molar-refractivity contribution is 8.15. The van der Waals surface area contributed by atoms with Gasteiger partial charge in [0, 0.05) is 14.1 Å². The van der Waals surface area contributed by atoms with Crippen LogP contribution in [0.15, 0.2) is 39.5 Å². The molecule has 1 heterocycles. The zero-order valence-electron chi connectivity index (χ0n) is 12.5. The van der Waals surface area contributed by atoms with Gasteiger partial charge in [0.2, 0.25) is 0 Å². The van der Waals surface area contributed by atoms with Gasteiger partial charge in [0.25, 0.3) is 5.24 Å². The van der Waals surface area contributed by atoms with E-state index < -0.39 is 0 Å². The third-order valence-electron chi connectivity index (χ3n) is 2.80. The van der Waals surface area contributed by atoms with Crippen molar-refractivity contribution in [2.24, 2.45) is 4.99 Å². The van der Waals surface area contributed by atoms with Gasteiger partial charge in [-0.3, -0.25) is 4.79 Å². The molecule has 3 nitrogen and oxygen atoms in total. The van der Waals surface area contributed by atoms with Crippen molar-refractivity contribution < 1.29 is 4.79 Å². The molecule has 0 bridgehead atoms. The largest absolute Gasteiger partial charge is 0.339 e. The SMILES string of the molecule is CC(C)c1ccc(/N=c2/cc(SC(=O)N(C)C)ss2)cc1. The molecule has 0 N–H and O–H groups in total. The van der Waals surface area contributed by atoms with Crippen molar-refractivity contribution in [3.63, 3.8) is 0 Å². The van der Waals surface area contributed by atoms with Gasteiger partial charge in [-0.15, -0.1) is 0 Å². The summed E-state index contributed by atoms with van der Waals surface area (Å²) in [7, 11) is 6.69. The average Bonchev–Trinajstić information content (AvgIpc) is 2.86. The van der Waals surface area contributed by atoms with E-state index in [1.165, 1.54) is 17.3 Å². The van der Waals surface area contributed by atoms with Gasteiger partial charge in [0.1, 0.15) is 4.67 Å². The third-order valence-corrected chi connectivity index (χ3v) is 6.52. The first kappa shape index (κ1) is 16.3. The molecular weight excluding hydrogens is 320 g/mol. The molecule has 0 aliphatic carbocycles. The van der Waals surface area contributed by atoms with Crippen LogP contribution in [0.2, 0.25) is 0 Å². The molecule has 0 radical (unpaired) electrons. The molecule has 0 saturated carbocycles. The Balaban J connectivity index is 2.15. The van der Waals surface area contributed by atoms with Gasteiger partial charge in [-0.2, -0.15) is 0 Å². The van der Waals surface area contributed by atoms with Crippen molar-refractivity contribution >= 4 is 43.4 Å². The fourth-order valence-electron chi connectivity index (χ4n) is 1.57. The summed E-state index contributed by atoms with van der Waals surface area (Å²) >= 11 is 1.25. The van der Waals surface area contributed by atoms with Crippen LogP contribution in [0.25, 0.3) is 0 Å². The van der Waals surface area contributed by atoms with Crippen LogP contribution >= 0.6 is 32.4 Å². The van der Waals surface area contributed by atoms with E-state index in [-0.39, 0.29) is 5.24 Å². The molecule has 6 heteroatoms. The van der Waals surface area contributed by atoms with Gasteiger partial charge in [-0.1, -0.05) is 46.7 Å². The summed E-state index contributed by atoms with van der Waals surface area (Å²) in [5.41, 5.74) is 2.26. The number of hydrogen-bond acceptors (Lipinski definition) is 5. The Morgan fingerprint density at radius 2 is 1.86 bits per heavy atom. The second-order valence-corrected chi connectivity index (χ2v) is 8.53. The number of thioether (sulfide) groups is 1. The van der Waals surface area contributed by atoms with Gasteiger partial charge in [-0.05, 0) is 41.4 Å². The lowest BCUT2D eigenvalue weighted by Gasteiger charge is -2.06. The highest BCUT2D eigenvalue weighted by Gasteiger charge is 2.08. The summed E-state index contributed by atoms with van der Waals surface area (Å²) in [4.78, 5) is 17.8. The van der Waals surface area contributed by atoms with Crippen molar-refractivity contribution in [3.8, 4) is 0 Å². The Hall–Kier alpha value is -1.11. The Labute approximate surface area is 136 Å². The first-order valence-electron chi connectivity index (χ1n) is 6.59. The molecule has 2 rings (SSSR count). The van der Waals surface area contributed by atoms with E-state index in [1.807, 2.05) is 18.2 Å². The highest BCUT2D eigenvalue weighted by Crippen LogP contribution is 2.26. The monoisotopic (exact) mass is 338 g/mol. The minimum absolute atomic E-state index is 0.0388. The van der Waals surface area contributed by atoms with E-state index >= 15 is 0 Å². The molecule has 0 saturated heterocycles. The van der Waals surface area contributed by atoms with Gasteiger partial charge in [0.05, 0.1) is 9.90 Å². The van der Waals surface area contributed by atoms with Crippen LogP contribution < -0.4 is 4.67 Å². The van der Waals surface area contributed by atoms with Crippen molar-refractivity contribution in [2.75, 3.05) is 14.1 Å². The smallest absolute Gasteiger partial charge is 0.286 e. The van der Waals surface area contributed by atoms with Crippen LogP contribution in [0.3, 0.4) is 0 Å². The van der Waals surface area contributed by atoms with Crippen LogP contribution in [-0.2, 0) is 0 Å². The molecular formula is C15H18N2OS3. The molecule has 21 heavy (non-hydrogen) atoms. The molecule has 0 aliphatic heterocycles. The lowest BCUT2D eigenvalue weighted by Crippen LogP contribution is -2.15. The molecule has 0 fully saturated rings. The normalized spacial score (nSPS) is 12.0. The molecule has 1 aromatic heterocycles. The van der Waals surface area contributed by atoms with Crippen molar-refractivity contribution in [1.29, 1.82) is 0 Å². The van der Waals surface area contributed by atoms with Crippen molar-refractivity contribution in [1.82, 2.24) is 4.90 Å². The number of amides is 1. The second-order valence-electron chi connectivity index (χ2n) is 5.09. The van der Waals surface area contributed by atoms with Crippen LogP contribution in [0.5, 0.6) is 0 Å². The molecule has 0 spiro atoms. The summed E-state index contributed by atoms with van der Waals surface area (Å²) in [5, 5.41) is 0.0388. The Bertz CT molecular complexity index is 669. The first-order chi connectivity index (χ1) is 9.95. The van der Waals surface area contributed by atoms with Crippen molar-refractivity contribution in [3.05, 3.63) is 40.6 Å². The van der Waals surface area contributed by atoms with Crippen molar-refractivity contribution in [2.45, 2.75) is 24.0 Å². The summed E-state index contributed by atoms with van der Waals surface area (Å²) in [6.07, 6.45) is 0.